The van der Waals surface area contributed by atoms with Crippen molar-refractivity contribution in [3.8, 4) is 28.6 Å². The van der Waals surface area contributed by atoms with Gasteiger partial charge in [0.15, 0.2) is 5.82 Å². The maximum atomic E-state index is 17.1. The van der Waals surface area contributed by atoms with E-state index in [0.717, 1.165) is 61.5 Å². The molecule has 2 bridgehead atoms. The topological polar surface area (TPSA) is 83.0 Å². The van der Waals surface area contributed by atoms with Gasteiger partial charge in [-0.05, 0) is 78.7 Å². The van der Waals surface area contributed by atoms with Crippen LogP contribution in [0.4, 0.5) is 14.6 Å². The number of nitrogens with zero attached hydrogens (tertiary/aromatic N) is 4. The van der Waals surface area contributed by atoms with E-state index in [4.69, 9.17) is 19.4 Å². The zero-order chi connectivity index (χ0) is 30.4. The molecule has 4 aromatic rings. The molecule has 0 saturated carbocycles. The Morgan fingerprint density at radius 3 is 2.93 bits per heavy atom. The highest BCUT2D eigenvalue weighted by molar-refractivity contribution is 6.05. The zero-order valence-electron chi connectivity index (χ0n) is 25.4. The number of phenolic OH excluding ortho intramolecular Hbond substituents is 1. The number of halogens is 2. The molecule has 1 aromatic heterocycles. The molecule has 5 aliphatic heterocycles. The lowest BCUT2D eigenvalue weighted by Gasteiger charge is -2.40. The highest BCUT2D eigenvalue weighted by Crippen LogP contribution is 2.47. The molecule has 10 heteroatoms. The van der Waals surface area contributed by atoms with Crippen molar-refractivity contribution in [3.05, 3.63) is 47.8 Å². The normalized spacial score (nSPS) is 28.7. The molecular formula is C35H37F2N5O3. The number of aromatic hydroxyl groups is 1. The summed E-state index contributed by atoms with van der Waals surface area (Å²) in [4.78, 5) is 14.1. The minimum absolute atomic E-state index is 0.0213. The van der Waals surface area contributed by atoms with Crippen molar-refractivity contribution in [1.29, 1.82) is 0 Å². The van der Waals surface area contributed by atoms with E-state index < -0.39 is 12.0 Å². The third-order valence-electron chi connectivity index (χ3n) is 11.0. The molecule has 0 aliphatic carbocycles. The number of hydrogen-bond acceptors (Lipinski definition) is 8. The van der Waals surface area contributed by atoms with Gasteiger partial charge in [-0.3, -0.25) is 4.90 Å². The van der Waals surface area contributed by atoms with Crippen molar-refractivity contribution in [2.45, 2.75) is 75.3 Å². The Bertz CT molecular complexity index is 1850. The number of piperazine rings is 1. The summed E-state index contributed by atoms with van der Waals surface area (Å²) in [7, 11) is 0. The molecule has 5 atom stereocenters. The van der Waals surface area contributed by atoms with E-state index in [1.165, 1.54) is 0 Å². The van der Waals surface area contributed by atoms with Crippen LogP contribution in [0, 0.1) is 5.82 Å². The molecule has 2 N–H and O–H groups in total. The van der Waals surface area contributed by atoms with Crippen molar-refractivity contribution in [2.75, 3.05) is 37.7 Å². The first kappa shape index (κ1) is 27.5. The largest absolute Gasteiger partial charge is 0.508 e. The van der Waals surface area contributed by atoms with Gasteiger partial charge >= 0.3 is 6.01 Å². The number of fused-ring (bicyclic) bond motifs is 7. The van der Waals surface area contributed by atoms with Gasteiger partial charge in [-0.15, -0.1) is 0 Å². The fourth-order valence-electron chi connectivity index (χ4n) is 8.95. The average molecular weight is 614 g/mol. The second-order valence-electron chi connectivity index (χ2n) is 13.6. The summed E-state index contributed by atoms with van der Waals surface area (Å²) in [6.45, 7) is 4.77. The van der Waals surface area contributed by atoms with Crippen LogP contribution < -0.4 is 19.7 Å². The van der Waals surface area contributed by atoms with Crippen LogP contribution in [-0.4, -0.2) is 82.7 Å². The Kier molecular flexibility index (Phi) is 6.20. The maximum absolute atomic E-state index is 17.1. The molecular weight excluding hydrogens is 576 g/mol. The number of alkyl halides is 1. The zero-order valence-corrected chi connectivity index (χ0v) is 25.4. The van der Waals surface area contributed by atoms with E-state index in [-0.39, 0.29) is 41.5 Å². The predicted molar refractivity (Wildman–Crippen MR) is 169 cm³/mol. The molecule has 8 nitrogen and oxygen atoms in total. The van der Waals surface area contributed by atoms with Crippen LogP contribution in [0.2, 0.25) is 0 Å². The molecule has 4 saturated heterocycles. The van der Waals surface area contributed by atoms with Crippen molar-refractivity contribution >= 4 is 27.5 Å². The molecule has 3 aromatic carbocycles. The van der Waals surface area contributed by atoms with Gasteiger partial charge in [0.25, 0.3) is 0 Å². The summed E-state index contributed by atoms with van der Waals surface area (Å²) in [5.74, 6) is 0.703. The van der Waals surface area contributed by atoms with Crippen LogP contribution in [0.1, 0.15) is 44.6 Å². The molecule has 234 valence electrons. The summed E-state index contributed by atoms with van der Waals surface area (Å²) in [6.07, 6.45) is 4.28. The number of ether oxygens (including phenoxy) is 2. The van der Waals surface area contributed by atoms with Gasteiger partial charge in [0.05, 0.1) is 17.0 Å². The van der Waals surface area contributed by atoms with Gasteiger partial charge < -0.3 is 24.8 Å². The monoisotopic (exact) mass is 613 g/mol. The van der Waals surface area contributed by atoms with Crippen LogP contribution in [0.15, 0.2) is 36.4 Å². The Morgan fingerprint density at radius 1 is 1.13 bits per heavy atom. The Labute approximate surface area is 260 Å². The highest BCUT2D eigenvalue weighted by atomic mass is 19.1. The first-order chi connectivity index (χ1) is 21.9. The van der Waals surface area contributed by atoms with Crippen molar-refractivity contribution in [3.63, 3.8) is 0 Å². The summed E-state index contributed by atoms with van der Waals surface area (Å²) in [5.41, 5.74) is 1.71. The minimum Gasteiger partial charge on any atom is -0.508 e. The van der Waals surface area contributed by atoms with Crippen molar-refractivity contribution in [2.24, 2.45) is 0 Å². The molecule has 6 heterocycles. The van der Waals surface area contributed by atoms with Crippen LogP contribution in [0.5, 0.6) is 17.5 Å². The molecule has 0 radical (unpaired) electrons. The summed E-state index contributed by atoms with van der Waals surface area (Å²) in [5, 5.41) is 16.7. The second-order valence-corrected chi connectivity index (χ2v) is 13.6. The van der Waals surface area contributed by atoms with Crippen LogP contribution >= 0.6 is 0 Å². The highest BCUT2D eigenvalue weighted by Gasteiger charge is 2.50. The molecule has 4 fully saturated rings. The third kappa shape index (κ3) is 4.21. The van der Waals surface area contributed by atoms with Crippen LogP contribution in [-0.2, 0) is 6.42 Å². The third-order valence-corrected chi connectivity index (χ3v) is 11.0. The van der Waals surface area contributed by atoms with E-state index in [2.05, 4.69) is 22.0 Å². The van der Waals surface area contributed by atoms with E-state index in [1.807, 2.05) is 18.2 Å². The SMILES string of the molecule is CCc1cccc2cc(O)cc(-c3cc4c5c(nc(OC[C@@]67CCCN6C[C@H](F)C7)nc5c3F)N3C[C@@H]5CCC(N5)[C@@H]3CO4)c12. The number of anilines is 1. The lowest BCUT2D eigenvalue weighted by Crippen LogP contribution is -2.60. The fraction of sp³-hybridized carbons (Fsp3) is 0.486. The standard InChI is InChI=1S/C35H37F2N5O3/c1-2-19-5-3-6-20-11-23(43)12-24(29(19)20)25-13-28-30-32(31(25)37)39-34(45-18-35-9-4-10-41(35)15-21(36)14-35)40-33(30)42-16-22-7-8-26(38-22)27(42)17-44-28/h3,5-6,11-13,21-22,26-27,38,43H,2,4,7-10,14-18H2,1H3/t21-,22+,26?,27+,35+/m1/s1. The lowest BCUT2D eigenvalue weighted by molar-refractivity contribution is 0.107. The summed E-state index contributed by atoms with van der Waals surface area (Å²) >= 11 is 0. The van der Waals surface area contributed by atoms with E-state index in [1.54, 1.807) is 18.2 Å². The maximum Gasteiger partial charge on any atom is 0.319 e. The minimum atomic E-state index is -0.877. The number of aromatic nitrogens is 2. The Balaban J connectivity index is 1.24. The number of rotatable bonds is 5. The summed E-state index contributed by atoms with van der Waals surface area (Å²) in [6, 6.07) is 11.7. The number of nitrogens with one attached hydrogen (secondary N) is 1. The van der Waals surface area contributed by atoms with Crippen LogP contribution in [0.3, 0.4) is 0 Å². The van der Waals surface area contributed by atoms with Gasteiger partial charge in [-0.25, -0.2) is 8.78 Å². The van der Waals surface area contributed by atoms with E-state index in [0.29, 0.717) is 53.7 Å². The second kappa shape index (κ2) is 10.1. The number of aryl methyl sites for hydroxylation is 1. The van der Waals surface area contributed by atoms with Crippen molar-refractivity contribution < 1.29 is 23.4 Å². The quantitative estimate of drug-likeness (QED) is 0.305. The molecule has 0 amide bonds. The molecule has 0 spiro atoms. The molecule has 5 aliphatic rings. The summed E-state index contributed by atoms with van der Waals surface area (Å²) < 4.78 is 44.5. The first-order valence-corrected chi connectivity index (χ1v) is 16.4. The smallest absolute Gasteiger partial charge is 0.319 e. The van der Waals surface area contributed by atoms with Gasteiger partial charge in [0.1, 0.15) is 42.2 Å². The van der Waals surface area contributed by atoms with Gasteiger partial charge in [-0.1, -0.05) is 25.1 Å². The molecule has 1 unspecified atom stereocenters. The van der Waals surface area contributed by atoms with Crippen LogP contribution in [0.25, 0.3) is 32.8 Å². The van der Waals surface area contributed by atoms with Gasteiger partial charge in [0, 0.05) is 37.2 Å². The lowest BCUT2D eigenvalue weighted by atomic mass is 9.92. The Morgan fingerprint density at radius 2 is 2.04 bits per heavy atom. The average Bonchev–Trinajstić information content (AvgIpc) is 3.67. The number of hydrogen-bond donors (Lipinski definition) is 2. The fourth-order valence-corrected chi connectivity index (χ4v) is 8.95. The van der Waals surface area contributed by atoms with E-state index >= 15 is 4.39 Å². The van der Waals surface area contributed by atoms with Gasteiger partial charge in [-0.2, -0.15) is 9.97 Å². The van der Waals surface area contributed by atoms with Gasteiger partial charge in [0.2, 0.25) is 0 Å². The number of phenols is 1. The van der Waals surface area contributed by atoms with Crippen molar-refractivity contribution in [1.82, 2.24) is 20.2 Å². The number of benzene rings is 3. The molecule has 45 heavy (non-hydrogen) atoms. The Hall–Kier alpha value is -3.76. The molecule has 9 rings (SSSR count). The first-order valence-electron chi connectivity index (χ1n) is 16.4. The predicted octanol–water partition coefficient (Wildman–Crippen LogP) is 5.51. The van der Waals surface area contributed by atoms with E-state index in [9.17, 15) is 9.50 Å².